The standard InChI is InChI=1S/C14H22N4O/c15-18-14-11-6-1-2-7-12(11)16-13(17-14)9-10-5-3-4-8-19-10/h10H,1-9,15H2,(H,16,17,18). The summed E-state index contributed by atoms with van der Waals surface area (Å²) in [5.74, 6) is 7.30. The van der Waals surface area contributed by atoms with E-state index in [0.717, 1.165) is 43.9 Å². The molecule has 3 rings (SSSR count). The van der Waals surface area contributed by atoms with Gasteiger partial charge in [-0.3, -0.25) is 0 Å². The van der Waals surface area contributed by atoms with Gasteiger partial charge in [-0.05, 0) is 44.9 Å². The van der Waals surface area contributed by atoms with Crippen LogP contribution in [0, 0.1) is 0 Å². The molecule has 0 aromatic carbocycles. The van der Waals surface area contributed by atoms with Gasteiger partial charge in [0, 0.05) is 24.3 Å². The van der Waals surface area contributed by atoms with Gasteiger partial charge in [0.1, 0.15) is 11.6 Å². The molecule has 104 valence electrons. The summed E-state index contributed by atoms with van der Waals surface area (Å²) in [4.78, 5) is 9.30. The lowest BCUT2D eigenvalue weighted by Gasteiger charge is -2.23. The van der Waals surface area contributed by atoms with Crippen molar-refractivity contribution in [3.63, 3.8) is 0 Å². The van der Waals surface area contributed by atoms with E-state index in [0.29, 0.717) is 0 Å². The van der Waals surface area contributed by atoms with Gasteiger partial charge in [0.25, 0.3) is 0 Å². The van der Waals surface area contributed by atoms with Crippen LogP contribution in [0.5, 0.6) is 0 Å². The van der Waals surface area contributed by atoms with E-state index in [-0.39, 0.29) is 6.10 Å². The summed E-state index contributed by atoms with van der Waals surface area (Å²) in [6.45, 7) is 0.873. The number of hydrogen-bond acceptors (Lipinski definition) is 5. The van der Waals surface area contributed by atoms with Crippen molar-refractivity contribution >= 4 is 5.82 Å². The lowest BCUT2D eigenvalue weighted by atomic mass is 9.96. The van der Waals surface area contributed by atoms with Crippen molar-refractivity contribution in [2.45, 2.75) is 57.5 Å². The fourth-order valence-corrected chi connectivity index (χ4v) is 3.03. The fourth-order valence-electron chi connectivity index (χ4n) is 3.03. The summed E-state index contributed by atoms with van der Waals surface area (Å²) >= 11 is 0. The van der Waals surface area contributed by atoms with Crippen molar-refractivity contribution in [1.29, 1.82) is 0 Å². The molecule has 0 saturated carbocycles. The highest BCUT2D eigenvalue weighted by Crippen LogP contribution is 2.26. The molecule has 1 fully saturated rings. The summed E-state index contributed by atoms with van der Waals surface area (Å²) in [6.07, 6.45) is 9.13. The highest BCUT2D eigenvalue weighted by atomic mass is 16.5. The molecule has 1 saturated heterocycles. The molecule has 5 nitrogen and oxygen atoms in total. The van der Waals surface area contributed by atoms with Crippen LogP contribution in [0.1, 0.15) is 49.2 Å². The number of ether oxygens (including phenoxy) is 1. The smallest absolute Gasteiger partial charge is 0.147 e. The molecule has 2 heterocycles. The minimum atomic E-state index is 0.279. The number of anilines is 1. The zero-order valence-corrected chi connectivity index (χ0v) is 11.3. The molecule has 1 aromatic heterocycles. The Hall–Kier alpha value is -1.20. The van der Waals surface area contributed by atoms with Crippen molar-refractivity contribution in [1.82, 2.24) is 9.97 Å². The zero-order chi connectivity index (χ0) is 13.1. The topological polar surface area (TPSA) is 73.1 Å². The molecule has 2 aliphatic rings. The molecule has 1 aliphatic carbocycles. The molecule has 0 bridgehead atoms. The number of fused-ring (bicyclic) bond motifs is 1. The van der Waals surface area contributed by atoms with E-state index in [2.05, 4.69) is 10.4 Å². The second-order valence-electron chi connectivity index (χ2n) is 5.46. The predicted octanol–water partition coefficient (Wildman–Crippen LogP) is 1.75. The van der Waals surface area contributed by atoms with Gasteiger partial charge < -0.3 is 10.2 Å². The van der Waals surface area contributed by atoms with E-state index in [9.17, 15) is 0 Å². The molecule has 5 heteroatoms. The number of aryl methyl sites for hydroxylation is 1. The summed E-state index contributed by atoms with van der Waals surface area (Å²) in [6, 6.07) is 0. The summed E-state index contributed by atoms with van der Waals surface area (Å²) in [5.41, 5.74) is 5.13. The molecule has 0 spiro atoms. The van der Waals surface area contributed by atoms with Gasteiger partial charge in [-0.1, -0.05) is 0 Å². The Labute approximate surface area is 113 Å². The molecule has 3 N–H and O–H groups in total. The van der Waals surface area contributed by atoms with E-state index in [1.807, 2.05) is 0 Å². The van der Waals surface area contributed by atoms with Gasteiger partial charge in [-0.15, -0.1) is 0 Å². The normalized spacial score (nSPS) is 22.9. The molecular weight excluding hydrogens is 240 g/mol. The van der Waals surface area contributed by atoms with Gasteiger partial charge in [0.05, 0.1) is 6.10 Å². The maximum atomic E-state index is 5.77. The van der Waals surface area contributed by atoms with E-state index in [1.54, 1.807) is 0 Å². The third-order valence-corrected chi connectivity index (χ3v) is 4.05. The van der Waals surface area contributed by atoms with Gasteiger partial charge >= 0.3 is 0 Å². The largest absolute Gasteiger partial charge is 0.378 e. The van der Waals surface area contributed by atoms with Gasteiger partial charge in [0.15, 0.2) is 0 Å². The first-order valence-electron chi connectivity index (χ1n) is 7.33. The van der Waals surface area contributed by atoms with Crippen LogP contribution in [-0.4, -0.2) is 22.7 Å². The maximum absolute atomic E-state index is 5.77. The summed E-state index contributed by atoms with van der Waals surface area (Å²) in [5, 5.41) is 0. The Kier molecular flexibility index (Phi) is 3.94. The number of hydrogen-bond donors (Lipinski definition) is 2. The van der Waals surface area contributed by atoms with Crippen LogP contribution in [0.25, 0.3) is 0 Å². The van der Waals surface area contributed by atoms with Crippen molar-refractivity contribution in [2.24, 2.45) is 5.84 Å². The van der Waals surface area contributed by atoms with Crippen LogP contribution < -0.4 is 11.3 Å². The van der Waals surface area contributed by atoms with Crippen LogP contribution in [0.15, 0.2) is 0 Å². The number of nitrogens with one attached hydrogen (secondary N) is 1. The van der Waals surface area contributed by atoms with E-state index >= 15 is 0 Å². The lowest BCUT2D eigenvalue weighted by Crippen LogP contribution is -2.24. The van der Waals surface area contributed by atoms with Crippen LogP contribution in [0.3, 0.4) is 0 Å². The fraction of sp³-hybridized carbons (Fsp3) is 0.714. The Balaban J connectivity index is 1.81. The Morgan fingerprint density at radius 2 is 2.05 bits per heavy atom. The van der Waals surface area contributed by atoms with Crippen LogP contribution >= 0.6 is 0 Å². The molecule has 1 aromatic rings. The first-order chi connectivity index (χ1) is 9.36. The van der Waals surface area contributed by atoms with Crippen molar-refractivity contribution in [3.05, 3.63) is 17.1 Å². The summed E-state index contributed by atoms with van der Waals surface area (Å²) < 4.78 is 5.77. The van der Waals surface area contributed by atoms with Crippen molar-refractivity contribution < 1.29 is 4.74 Å². The number of aromatic nitrogens is 2. The molecule has 0 radical (unpaired) electrons. The minimum Gasteiger partial charge on any atom is -0.378 e. The molecule has 1 aliphatic heterocycles. The highest BCUT2D eigenvalue weighted by molar-refractivity contribution is 5.46. The average Bonchev–Trinajstić information content (AvgIpc) is 2.47. The van der Waals surface area contributed by atoms with Gasteiger partial charge in [-0.2, -0.15) is 0 Å². The first-order valence-corrected chi connectivity index (χ1v) is 7.33. The monoisotopic (exact) mass is 262 g/mol. The quantitative estimate of drug-likeness (QED) is 0.641. The number of nitrogen functional groups attached to an aromatic ring is 1. The average molecular weight is 262 g/mol. The van der Waals surface area contributed by atoms with E-state index in [1.165, 1.54) is 36.9 Å². The van der Waals surface area contributed by atoms with Crippen LogP contribution in [0.2, 0.25) is 0 Å². The minimum absolute atomic E-state index is 0.279. The third-order valence-electron chi connectivity index (χ3n) is 4.05. The maximum Gasteiger partial charge on any atom is 0.147 e. The molecule has 1 unspecified atom stereocenters. The number of nitrogens with two attached hydrogens (primary N) is 1. The van der Waals surface area contributed by atoms with Crippen molar-refractivity contribution in [2.75, 3.05) is 12.0 Å². The third kappa shape index (κ3) is 2.87. The highest BCUT2D eigenvalue weighted by Gasteiger charge is 2.20. The number of nitrogens with zero attached hydrogens (tertiary/aromatic N) is 2. The lowest BCUT2D eigenvalue weighted by molar-refractivity contribution is 0.0156. The SMILES string of the molecule is NNc1nc(CC2CCCCO2)nc2c1CCCC2. The Morgan fingerprint density at radius 1 is 1.16 bits per heavy atom. The summed E-state index contributed by atoms with van der Waals surface area (Å²) in [7, 11) is 0. The van der Waals surface area contributed by atoms with Gasteiger partial charge in [-0.25, -0.2) is 15.8 Å². The number of hydrazine groups is 1. The van der Waals surface area contributed by atoms with E-state index < -0.39 is 0 Å². The van der Waals surface area contributed by atoms with Crippen molar-refractivity contribution in [3.8, 4) is 0 Å². The zero-order valence-electron chi connectivity index (χ0n) is 11.3. The predicted molar refractivity (Wildman–Crippen MR) is 73.8 cm³/mol. The first kappa shape index (κ1) is 12.8. The second kappa shape index (κ2) is 5.84. The molecule has 19 heavy (non-hydrogen) atoms. The second-order valence-corrected chi connectivity index (χ2v) is 5.46. The molecule has 1 atom stereocenters. The Morgan fingerprint density at radius 3 is 2.84 bits per heavy atom. The molecule has 0 amide bonds. The molecular formula is C14H22N4O. The Bertz CT molecular complexity index is 426. The van der Waals surface area contributed by atoms with E-state index in [4.69, 9.17) is 15.6 Å². The van der Waals surface area contributed by atoms with Crippen LogP contribution in [0.4, 0.5) is 5.82 Å². The van der Waals surface area contributed by atoms with Gasteiger partial charge in [0.2, 0.25) is 0 Å². The van der Waals surface area contributed by atoms with Crippen LogP contribution in [-0.2, 0) is 24.0 Å². The number of rotatable bonds is 3.